The van der Waals surface area contributed by atoms with Crippen LogP contribution < -0.4 is 5.32 Å². The van der Waals surface area contributed by atoms with E-state index in [-0.39, 0.29) is 30.5 Å². The largest absolute Gasteiger partial charge is 0.340 e. The predicted molar refractivity (Wildman–Crippen MR) is 114 cm³/mol. The second-order valence-corrected chi connectivity index (χ2v) is 7.53. The molecule has 3 rings (SSSR count). The zero-order chi connectivity index (χ0) is 21.7. The molecule has 2 aromatic rings. The van der Waals surface area contributed by atoms with Gasteiger partial charge in [-0.1, -0.05) is 36.4 Å². The van der Waals surface area contributed by atoms with Gasteiger partial charge in [0.2, 0.25) is 11.8 Å². The summed E-state index contributed by atoms with van der Waals surface area (Å²) >= 11 is 0. The Labute approximate surface area is 175 Å². The minimum atomic E-state index is -0.463. The number of anilines is 1. The second-order valence-electron chi connectivity index (χ2n) is 7.53. The van der Waals surface area contributed by atoms with Gasteiger partial charge in [-0.15, -0.1) is 0 Å². The van der Waals surface area contributed by atoms with Gasteiger partial charge in [0.15, 0.2) is 0 Å². The van der Waals surface area contributed by atoms with Crippen molar-refractivity contribution in [2.24, 2.45) is 0 Å². The molecule has 30 heavy (non-hydrogen) atoms. The fourth-order valence-electron chi connectivity index (χ4n) is 3.66. The molecule has 1 heterocycles. The van der Waals surface area contributed by atoms with E-state index in [2.05, 4.69) is 5.32 Å². The van der Waals surface area contributed by atoms with Crippen molar-refractivity contribution in [3.63, 3.8) is 0 Å². The Bertz CT molecular complexity index is 932. The Morgan fingerprint density at radius 3 is 2.27 bits per heavy atom. The van der Waals surface area contributed by atoms with Crippen LogP contribution in [0.2, 0.25) is 0 Å². The number of nitrogens with one attached hydrogen (secondary N) is 1. The quantitative estimate of drug-likeness (QED) is 0.583. The van der Waals surface area contributed by atoms with Gasteiger partial charge in [-0.2, -0.15) is 0 Å². The van der Waals surface area contributed by atoms with Crippen LogP contribution in [0.5, 0.6) is 0 Å². The van der Waals surface area contributed by atoms with Crippen LogP contribution in [0.3, 0.4) is 0 Å². The summed E-state index contributed by atoms with van der Waals surface area (Å²) in [4.78, 5) is 39.4. The second kappa shape index (κ2) is 9.49. The number of aryl methyl sites for hydroxylation is 2. The van der Waals surface area contributed by atoms with E-state index in [9.17, 15) is 19.7 Å². The SMILES string of the molecule is Cc1cccc(C)c1NC(=O)CN1CCN(C(=O)Cc2ccccc2[N+](=O)[O-])CC1. The Morgan fingerprint density at radius 2 is 1.63 bits per heavy atom. The smallest absolute Gasteiger partial charge is 0.273 e. The van der Waals surface area contributed by atoms with Crippen molar-refractivity contribution in [3.05, 3.63) is 69.3 Å². The predicted octanol–water partition coefficient (Wildman–Crippen LogP) is 2.54. The molecule has 0 spiro atoms. The Kier molecular flexibility index (Phi) is 6.79. The summed E-state index contributed by atoms with van der Waals surface area (Å²) in [7, 11) is 0. The van der Waals surface area contributed by atoms with Crippen LogP contribution in [0.15, 0.2) is 42.5 Å². The van der Waals surface area contributed by atoms with Gasteiger partial charge in [0.1, 0.15) is 0 Å². The molecule has 0 aliphatic carbocycles. The lowest BCUT2D eigenvalue weighted by atomic mass is 10.1. The molecule has 2 aromatic carbocycles. The van der Waals surface area contributed by atoms with E-state index in [1.807, 2.05) is 36.9 Å². The summed E-state index contributed by atoms with van der Waals surface area (Å²) in [5.74, 6) is -0.212. The molecule has 0 atom stereocenters. The highest BCUT2D eigenvalue weighted by atomic mass is 16.6. The number of carbonyl (C=O) groups is 2. The molecular formula is C22H26N4O4. The number of hydrogen-bond acceptors (Lipinski definition) is 5. The lowest BCUT2D eigenvalue weighted by Crippen LogP contribution is -2.50. The summed E-state index contributed by atoms with van der Waals surface area (Å²) in [5.41, 5.74) is 3.28. The number of amides is 2. The van der Waals surface area contributed by atoms with Crippen molar-refractivity contribution in [3.8, 4) is 0 Å². The summed E-state index contributed by atoms with van der Waals surface area (Å²) in [6.45, 7) is 6.35. The van der Waals surface area contributed by atoms with Gasteiger partial charge in [0, 0.05) is 43.5 Å². The molecule has 1 aliphatic rings. The highest BCUT2D eigenvalue weighted by Gasteiger charge is 2.24. The first-order chi connectivity index (χ1) is 14.3. The maximum absolute atomic E-state index is 12.6. The molecular weight excluding hydrogens is 384 g/mol. The molecule has 1 aliphatic heterocycles. The van der Waals surface area contributed by atoms with Crippen molar-refractivity contribution in [1.29, 1.82) is 0 Å². The van der Waals surface area contributed by atoms with Gasteiger partial charge < -0.3 is 10.2 Å². The molecule has 8 nitrogen and oxygen atoms in total. The van der Waals surface area contributed by atoms with Crippen LogP contribution in [0.4, 0.5) is 11.4 Å². The maximum atomic E-state index is 12.6. The van der Waals surface area contributed by atoms with Gasteiger partial charge in [0.05, 0.1) is 17.9 Å². The average molecular weight is 410 g/mol. The van der Waals surface area contributed by atoms with Crippen molar-refractivity contribution in [2.45, 2.75) is 20.3 Å². The lowest BCUT2D eigenvalue weighted by Gasteiger charge is -2.34. The van der Waals surface area contributed by atoms with Crippen molar-refractivity contribution in [1.82, 2.24) is 9.80 Å². The van der Waals surface area contributed by atoms with Gasteiger partial charge in [-0.25, -0.2) is 0 Å². The third-order valence-electron chi connectivity index (χ3n) is 5.37. The minimum Gasteiger partial charge on any atom is -0.340 e. The number of para-hydroxylation sites is 2. The molecule has 8 heteroatoms. The van der Waals surface area contributed by atoms with E-state index >= 15 is 0 Å². The van der Waals surface area contributed by atoms with E-state index in [4.69, 9.17) is 0 Å². The molecule has 1 fully saturated rings. The topological polar surface area (TPSA) is 95.8 Å². The standard InChI is InChI=1S/C22H26N4O4/c1-16-6-5-7-17(2)22(16)23-20(27)15-24-10-12-25(13-11-24)21(28)14-18-8-3-4-9-19(18)26(29)30/h3-9H,10-15H2,1-2H3,(H,23,27). The van der Waals surface area contributed by atoms with Crippen LogP contribution >= 0.6 is 0 Å². The zero-order valence-corrected chi connectivity index (χ0v) is 17.3. The molecule has 0 unspecified atom stereocenters. The summed E-state index contributed by atoms with van der Waals surface area (Å²) in [5, 5.41) is 14.1. The number of nitrogens with zero attached hydrogens (tertiary/aromatic N) is 3. The van der Waals surface area contributed by atoms with Crippen LogP contribution in [0, 0.1) is 24.0 Å². The van der Waals surface area contributed by atoms with Crippen LogP contribution in [0.1, 0.15) is 16.7 Å². The van der Waals surface area contributed by atoms with Crippen molar-refractivity contribution >= 4 is 23.2 Å². The highest BCUT2D eigenvalue weighted by Crippen LogP contribution is 2.20. The summed E-state index contributed by atoms with van der Waals surface area (Å²) in [6.07, 6.45) is 0.00417. The first-order valence-corrected chi connectivity index (χ1v) is 9.93. The maximum Gasteiger partial charge on any atom is 0.273 e. The highest BCUT2D eigenvalue weighted by molar-refractivity contribution is 5.93. The van der Waals surface area contributed by atoms with Crippen LogP contribution in [0.25, 0.3) is 0 Å². The number of piperazine rings is 1. The normalized spacial score (nSPS) is 14.4. The number of nitro benzene ring substituents is 1. The molecule has 0 saturated carbocycles. The molecule has 0 bridgehead atoms. The van der Waals surface area contributed by atoms with Crippen LogP contribution in [-0.2, 0) is 16.0 Å². The monoisotopic (exact) mass is 410 g/mol. The minimum absolute atomic E-state index is 0.00417. The average Bonchev–Trinajstić information content (AvgIpc) is 2.71. The number of carbonyl (C=O) groups excluding carboxylic acids is 2. The molecule has 0 aromatic heterocycles. The third-order valence-corrected chi connectivity index (χ3v) is 5.37. The third kappa shape index (κ3) is 5.21. The molecule has 1 N–H and O–H groups in total. The molecule has 2 amide bonds. The summed E-state index contributed by atoms with van der Waals surface area (Å²) < 4.78 is 0. The lowest BCUT2D eigenvalue weighted by molar-refractivity contribution is -0.385. The number of hydrogen-bond donors (Lipinski definition) is 1. The van der Waals surface area contributed by atoms with Crippen LogP contribution in [-0.4, -0.2) is 59.3 Å². The molecule has 0 radical (unpaired) electrons. The number of nitro groups is 1. The summed E-state index contributed by atoms with van der Waals surface area (Å²) in [6, 6.07) is 12.2. The van der Waals surface area contributed by atoms with E-state index in [1.54, 1.807) is 23.1 Å². The van der Waals surface area contributed by atoms with E-state index in [0.29, 0.717) is 31.7 Å². The van der Waals surface area contributed by atoms with Gasteiger partial charge in [-0.3, -0.25) is 24.6 Å². The zero-order valence-electron chi connectivity index (χ0n) is 17.3. The van der Waals surface area contributed by atoms with E-state index in [0.717, 1.165) is 16.8 Å². The fraction of sp³-hybridized carbons (Fsp3) is 0.364. The first-order valence-electron chi connectivity index (χ1n) is 9.93. The Hall–Kier alpha value is -3.26. The Morgan fingerprint density at radius 1 is 1.00 bits per heavy atom. The van der Waals surface area contributed by atoms with Crippen molar-refractivity contribution < 1.29 is 14.5 Å². The number of rotatable bonds is 6. The van der Waals surface area contributed by atoms with E-state index in [1.165, 1.54) is 6.07 Å². The van der Waals surface area contributed by atoms with Gasteiger partial charge in [0.25, 0.3) is 5.69 Å². The van der Waals surface area contributed by atoms with Crippen molar-refractivity contribution in [2.75, 3.05) is 38.0 Å². The van der Waals surface area contributed by atoms with Gasteiger partial charge in [-0.05, 0) is 25.0 Å². The van der Waals surface area contributed by atoms with E-state index < -0.39 is 4.92 Å². The first kappa shape index (κ1) is 21.4. The molecule has 1 saturated heterocycles. The fourth-order valence-corrected chi connectivity index (χ4v) is 3.66. The molecule has 158 valence electrons. The van der Waals surface area contributed by atoms with Gasteiger partial charge >= 0.3 is 0 Å². The Balaban J connectivity index is 1.50. The number of benzene rings is 2.